The van der Waals surface area contributed by atoms with Crippen LogP contribution in [0.3, 0.4) is 0 Å². The topological polar surface area (TPSA) is 72.2 Å². The lowest BCUT2D eigenvalue weighted by Gasteiger charge is -2.27. The summed E-state index contributed by atoms with van der Waals surface area (Å²) in [5.74, 6) is 0.404. The Balaban J connectivity index is 1.35. The van der Waals surface area contributed by atoms with E-state index in [1.807, 2.05) is 73.7 Å². The van der Waals surface area contributed by atoms with Crippen molar-refractivity contribution in [3.63, 3.8) is 0 Å². The predicted molar refractivity (Wildman–Crippen MR) is 147 cm³/mol. The zero-order valence-electron chi connectivity index (χ0n) is 20.6. The summed E-state index contributed by atoms with van der Waals surface area (Å²) in [7, 11) is 0. The Morgan fingerprint density at radius 3 is 2.29 bits per heavy atom. The summed E-state index contributed by atoms with van der Waals surface area (Å²) in [6.45, 7) is 2.63. The zero-order valence-corrected chi connectivity index (χ0v) is 22.2. The van der Waals surface area contributed by atoms with Crippen LogP contribution in [0.25, 0.3) is 11.3 Å². The number of furan rings is 1. The van der Waals surface area contributed by atoms with Gasteiger partial charge in [-0.05, 0) is 67.1 Å². The highest BCUT2D eigenvalue weighted by molar-refractivity contribution is 9.10. The molecule has 0 radical (unpaired) electrons. The molecule has 0 saturated carbocycles. The number of imide groups is 1. The van der Waals surface area contributed by atoms with Crippen molar-refractivity contribution in [2.75, 3.05) is 16.6 Å². The highest BCUT2D eigenvalue weighted by Gasteiger charge is 2.61. The van der Waals surface area contributed by atoms with Crippen molar-refractivity contribution < 1.29 is 23.6 Å². The van der Waals surface area contributed by atoms with Crippen LogP contribution in [0.1, 0.15) is 25.1 Å². The Kier molecular flexibility index (Phi) is 6.51. The quantitative estimate of drug-likeness (QED) is 0.234. The molecule has 3 aromatic carbocycles. The normalized spacial score (nSPS) is 20.7. The molecule has 2 fully saturated rings. The van der Waals surface area contributed by atoms with Crippen LogP contribution in [-0.2, 0) is 14.4 Å². The largest absolute Gasteiger partial charge is 0.494 e. The first-order valence-corrected chi connectivity index (χ1v) is 13.3. The van der Waals surface area contributed by atoms with Crippen LogP contribution < -0.4 is 14.7 Å². The summed E-state index contributed by atoms with van der Waals surface area (Å²) in [4.78, 5) is 34.8. The standard InChI is InChI=1S/C30H25BrN2O5/c1-2-18-36-23-14-12-21(13-15-23)32-29(34)26-27(25-17-16-24(37-25)19-8-10-20(31)11-9-19)33(38-28(26)30(32)35)22-6-4-3-5-7-22/h3-17,26-28H,2,18H2,1H3/t26-,27-,28+/m1/s1. The smallest absolute Gasteiger partial charge is 0.266 e. The first-order valence-electron chi connectivity index (χ1n) is 12.5. The monoisotopic (exact) mass is 572 g/mol. The number of carbonyl (C=O) groups excluding carboxylic acids is 2. The van der Waals surface area contributed by atoms with E-state index in [0.29, 0.717) is 29.6 Å². The van der Waals surface area contributed by atoms with E-state index in [2.05, 4.69) is 15.9 Å². The number of hydroxylamine groups is 1. The van der Waals surface area contributed by atoms with Gasteiger partial charge in [0.1, 0.15) is 29.2 Å². The zero-order chi connectivity index (χ0) is 26.2. The van der Waals surface area contributed by atoms with Crippen molar-refractivity contribution in [1.82, 2.24) is 0 Å². The van der Waals surface area contributed by atoms with Crippen LogP contribution in [0.4, 0.5) is 11.4 Å². The lowest BCUT2D eigenvalue weighted by Crippen LogP contribution is -2.37. The second-order valence-corrected chi connectivity index (χ2v) is 10.1. The van der Waals surface area contributed by atoms with E-state index in [1.165, 1.54) is 4.90 Å². The SMILES string of the molecule is CCCOc1ccc(N2C(=O)[C@H]3[C@H](ON(c4ccccc4)[C@@H]3c3ccc(-c4ccc(Br)cc4)o3)C2=O)cc1. The third-order valence-electron chi connectivity index (χ3n) is 6.74. The molecular formula is C30H25BrN2O5. The molecule has 2 amide bonds. The molecular weight excluding hydrogens is 548 g/mol. The van der Waals surface area contributed by atoms with E-state index >= 15 is 0 Å². The minimum absolute atomic E-state index is 0.327. The van der Waals surface area contributed by atoms with E-state index in [0.717, 1.165) is 22.1 Å². The van der Waals surface area contributed by atoms with Crippen LogP contribution in [0.2, 0.25) is 0 Å². The van der Waals surface area contributed by atoms with Crippen molar-refractivity contribution in [2.45, 2.75) is 25.5 Å². The summed E-state index contributed by atoms with van der Waals surface area (Å²) in [6, 6.07) is 27.3. The lowest BCUT2D eigenvalue weighted by atomic mass is 9.94. The number of carbonyl (C=O) groups is 2. The van der Waals surface area contributed by atoms with E-state index in [-0.39, 0.29) is 5.91 Å². The molecule has 2 aliphatic rings. The molecule has 2 saturated heterocycles. The maximum Gasteiger partial charge on any atom is 0.266 e. The molecule has 2 aliphatic heterocycles. The van der Waals surface area contributed by atoms with Gasteiger partial charge in [-0.3, -0.25) is 14.4 Å². The van der Waals surface area contributed by atoms with Gasteiger partial charge in [0, 0.05) is 10.0 Å². The van der Waals surface area contributed by atoms with Gasteiger partial charge < -0.3 is 9.15 Å². The molecule has 3 atom stereocenters. The van der Waals surface area contributed by atoms with Gasteiger partial charge in [0.05, 0.1) is 18.0 Å². The van der Waals surface area contributed by atoms with Gasteiger partial charge in [0.2, 0.25) is 5.91 Å². The van der Waals surface area contributed by atoms with Gasteiger partial charge in [-0.2, -0.15) is 0 Å². The molecule has 3 heterocycles. The number of hydrogen-bond donors (Lipinski definition) is 0. The fourth-order valence-electron chi connectivity index (χ4n) is 4.95. The molecule has 4 aromatic rings. The molecule has 0 unspecified atom stereocenters. The first-order chi connectivity index (χ1) is 18.5. The summed E-state index contributed by atoms with van der Waals surface area (Å²) in [6.07, 6.45) is -0.0776. The Morgan fingerprint density at radius 2 is 1.58 bits per heavy atom. The molecule has 1 aromatic heterocycles. The molecule has 192 valence electrons. The summed E-state index contributed by atoms with van der Waals surface area (Å²) >= 11 is 3.46. The Labute approximate surface area is 228 Å². The van der Waals surface area contributed by atoms with E-state index < -0.39 is 24.0 Å². The van der Waals surface area contributed by atoms with Gasteiger partial charge in [-0.15, -0.1) is 0 Å². The molecule has 0 spiro atoms. The van der Waals surface area contributed by atoms with E-state index in [1.54, 1.807) is 29.3 Å². The number of nitrogens with zero attached hydrogens (tertiary/aromatic N) is 2. The number of fused-ring (bicyclic) bond motifs is 1. The molecule has 7 nitrogen and oxygen atoms in total. The minimum Gasteiger partial charge on any atom is -0.494 e. The number of hydrogen-bond acceptors (Lipinski definition) is 6. The fraction of sp³-hybridized carbons (Fsp3) is 0.200. The van der Waals surface area contributed by atoms with Crippen LogP contribution in [-0.4, -0.2) is 24.5 Å². The van der Waals surface area contributed by atoms with Crippen molar-refractivity contribution in [2.24, 2.45) is 5.92 Å². The number of rotatable bonds is 7. The van der Waals surface area contributed by atoms with Crippen molar-refractivity contribution in [3.8, 4) is 17.1 Å². The lowest BCUT2D eigenvalue weighted by molar-refractivity contribution is -0.126. The van der Waals surface area contributed by atoms with Crippen molar-refractivity contribution in [1.29, 1.82) is 0 Å². The van der Waals surface area contributed by atoms with Crippen LogP contribution in [0.5, 0.6) is 5.75 Å². The van der Waals surface area contributed by atoms with Gasteiger partial charge >= 0.3 is 0 Å². The third kappa shape index (κ3) is 4.29. The molecule has 0 N–H and O–H groups in total. The molecule has 8 heteroatoms. The number of para-hydroxylation sites is 1. The molecule has 38 heavy (non-hydrogen) atoms. The number of ether oxygens (including phenoxy) is 1. The summed E-state index contributed by atoms with van der Waals surface area (Å²) in [5.41, 5.74) is 2.13. The van der Waals surface area contributed by atoms with Crippen LogP contribution in [0, 0.1) is 5.92 Å². The average Bonchev–Trinajstić information content (AvgIpc) is 3.64. The number of anilines is 2. The summed E-state index contributed by atoms with van der Waals surface area (Å²) < 4.78 is 12.9. The number of amides is 2. The van der Waals surface area contributed by atoms with Crippen molar-refractivity contribution in [3.05, 3.63) is 101 Å². The maximum absolute atomic E-state index is 13.8. The minimum atomic E-state index is -0.968. The van der Waals surface area contributed by atoms with E-state index in [4.69, 9.17) is 14.0 Å². The Morgan fingerprint density at radius 1 is 0.842 bits per heavy atom. The first kappa shape index (κ1) is 24.5. The number of benzene rings is 3. The second kappa shape index (κ2) is 10.1. The van der Waals surface area contributed by atoms with Crippen LogP contribution >= 0.6 is 15.9 Å². The van der Waals surface area contributed by atoms with Crippen molar-refractivity contribution >= 4 is 39.1 Å². The van der Waals surface area contributed by atoms with Gasteiger partial charge in [-0.1, -0.05) is 53.2 Å². The van der Waals surface area contributed by atoms with Gasteiger partial charge in [-0.25, -0.2) is 9.96 Å². The predicted octanol–water partition coefficient (Wildman–Crippen LogP) is 6.55. The maximum atomic E-state index is 13.8. The van der Waals surface area contributed by atoms with E-state index in [9.17, 15) is 9.59 Å². The second-order valence-electron chi connectivity index (χ2n) is 9.22. The molecule has 0 bridgehead atoms. The Hall–Kier alpha value is -3.88. The fourth-order valence-corrected chi connectivity index (χ4v) is 5.21. The molecule has 0 aliphatic carbocycles. The van der Waals surface area contributed by atoms with Gasteiger partial charge in [0.15, 0.2) is 6.10 Å². The van der Waals surface area contributed by atoms with Gasteiger partial charge in [0.25, 0.3) is 5.91 Å². The summed E-state index contributed by atoms with van der Waals surface area (Å²) in [5, 5.41) is 1.63. The Bertz CT molecular complexity index is 1450. The van der Waals surface area contributed by atoms with Crippen LogP contribution in [0.15, 0.2) is 99.9 Å². The highest BCUT2D eigenvalue weighted by Crippen LogP contribution is 2.48. The highest BCUT2D eigenvalue weighted by atomic mass is 79.9. The third-order valence-corrected chi connectivity index (χ3v) is 7.27. The average molecular weight is 573 g/mol. The number of halogens is 1. The molecule has 6 rings (SSSR count).